The maximum absolute atomic E-state index is 12.2. The maximum atomic E-state index is 12.1. The fraction of sp³-hybridized carbons (Fsp3) is 1.00. The second kappa shape index (κ2) is 2.92. The molecule has 0 aromatic heterocycles. The molecule has 17 heavy (non-hydrogen) atoms. The summed E-state index contributed by atoms with van der Waals surface area (Å²) in [6, 6.07) is 0. The monoisotopic (exact) mass is 308 g/mol. The van der Waals surface area contributed by atoms with Crippen LogP contribution in [-0.4, -0.2) is 28.8 Å². The molecule has 0 rings (SSSR count). The van der Waals surface area contributed by atoms with Crippen LogP contribution in [0.3, 0.4) is 0 Å². The van der Waals surface area contributed by atoms with Gasteiger partial charge in [0.2, 0.25) is 0 Å². The average molecular weight is 308 g/mol. The van der Waals surface area contributed by atoms with E-state index in [2.05, 4.69) is 0 Å². The highest BCUT2D eigenvalue weighted by Crippen LogP contribution is 3.06. The van der Waals surface area contributed by atoms with Crippen LogP contribution < -0.4 is 0 Å². The molecule has 13 heteroatoms. The first-order chi connectivity index (χ1) is 6.81. The third-order valence-electron chi connectivity index (χ3n) is 1.51. The molecular weight excluding hydrogens is 305 g/mol. The van der Waals surface area contributed by atoms with Crippen molar-refractivity contribution in [2.75, 3.05) is 6.61 Å². The van der Waals surface area contributed by atoms with Crippen molar-refractivity contribution in [2.24, 2.45) is 0 Å². The van der Waals surface area contributed by atoms with Gasteiger partial charge in [0.05, 0.1) is 0 Å². The van der Waals surface area contributed by atoms with E-state index in [4.69, 9.17) is 5.11 Å². The van der Waals surface area contributed by atoms with Crippen LogP contribution in [0.25, 0.3) is 0 Å². The van der Waals surface area contributed by atoms with E-state index in [1.54, 1.807) is 0 Å². The number of rotatable bonds is 4. The van der Waals surface area contributed by atoms with Crippen LogP contribution in [0, 0.1) is 0 Å². The van der Waals surface area contributed by atoms with Gasteiger partial charge in [-0.3, -0.25) is 0 Å². The fourth-order valence-corrected chi connectivity index (χ4v) is 1.19. The molecule has 0 amide bonds. The molecule has 1 N–H and O–H groups in total. The second-order valence-corrected chi connectivity index (χ2v) is 5.37. The van der Waals surface area contributed by atoms with E-state index in [1.165, 1.54) is 0 Å². The Morgan fingerprint density at radius 3 is 1.24 bits per heavy atom. The van der Waals surface area contributed by atoms with Crippen LogP contribution in [0.1, 0.15) is 0 Å². The van der Waals surface area contributed by atoms with Crippen LogP contribution in [0.15, 0.2) is 0 Å². The lowest BCUT2D eigenvalue weighted by molar-refractivity contribution is -0.296. The Balaban J connectivity index is 6.00. The summed E-state index contributed by atoms with van der Waals surface area (Å²) in [5.74, 6) is -13.9. The normalized spacial score (nSPS) is 19.8. The number of hydrogen-bond acceptors (Lipinski definition) is 1. The van der Waals surface area contributed by atoms with E-state index in [9.17, 15) is 45.8 Å². The van der Waals surface area contributed by atoms with Gasteiger partial charge in [0, 0.05) is 0 Å². The summed E-state index contributed by atoms with van der Waals surface area (Å²) in [5, 5.41) is -0.701. The molecule has 0 aliphatic carbocycles. The van der Waals surface area contributed by atoms with E-state index in [-0.39, 0.29) is 0 Å². The SMILES string of the molecule is OCC(F)(F)C(F)(F)C(F)(F)S(F)(F)(F)(F)F. The topological polar surface area (TPSA) is 20.2 Å². The minimum absolute atomic E-state index is 3.16. The molecule has 0 unspecified atom stereocenters. The molecule has 0 atom stereocenters. The van der Waals surface area contributed by atoms with Gasteiger partial charge in [0.1, 0.15) is 6.61 Å². The van der Waals surface area contributed by atoms with Crippen molar-refractivity contribution in [3.8, 4) is 0 Å². The molecule has 108 valence electrons. The molecule has 0 aliphatic rings. The van der Waals surface area contributed by atoms with E-state index >= 15 is 0 Å². The summed E-state index contributed by atoms with van der Waals surface area (Å²) in [4.78, 5) is 0. The number of aliphatic hydroxyl groups excluding tert-OH is 1. The van der Waals surface area contributed by atoms with Crippen molar-refractivity contribution >= 4 is 10.2 Å². The third kappa shape index (κ3) is 2.26. The quantitative estimate of drug-likeness (QED) is 0.774. The van der Waals surface area contributed by atoms with Crippen LogP contribution in [-0.2, 0) is 0 Å². The summed E-state index contributed by atoms with van der Waals surface area (Å²) >= 11 is 0. The second-order valence-electron chi connectivity index (χ2n) is 2.92. The predicted octanol–water partition coefficient (Wildman–Crippen LogP) is 4.14. The maximum Gasteiger partial charge on any atom is 0.450 e. The zero-order valence-electron chi connectivity index (χ0n) is 7.22. The lowest BCUT2D eigenvalue weighted by Gasteiger charge is -2.49. The zero-order chi connectivity index (χ0) is 14.6. The van der Waals surface area contributed by atoms with Gasteiger partial charge in [0.25, 0.3) is 0 Å². The largest absolute Gasteiger partial charge is 0.450 e. The van der Waals surface area contributed by atoms with Gasteiger partial charge in [-0.15, -0.1) is 0 Å². The van der Waals surface area contributed by atoms with Gasteiger partial charge in [-0.25, -0.2) is 0 Å². The summed E-state index contributed by atoms with van der Waals surface area (Å²) < 4.78 is 130. The molecule has 0 saturated heterocycles. The number of aliphatic hydroxyl groups is 1. The summed E-state index contributed by atoms with van der Waals surface area (Å²) in [6.07, 6.45) is 0. The van der Waals surface area contributed by atoms with Crippen molar-refractivity contribution in [3.63, 3.8) is 0 Å². The van der Waals surface area contributed by atoms with Crippen LogP contribution in [0.5, 0.6) is 0 Å². The first-order valence-corrected chi connectivity index (χ1v) is 5.23. The van der Waals surface area contributed by atoms with Crippen molar-refractivity contribution in [1.29, 1.82) is 0 Å². The summed E-state index contributed by atoms with van der Waals surface area (Å²) in [5.41, 5.74) is 0. The minimum Gasteiger partial charge on any atom is -0.390 e. The molecule has 0 spiro atoms. The summed E-state index contributed by atoms with van der Waals surface area (Å²) in [6.45, 7) is -3.16. The number of alkyl halides is 6. The molecule has 0 aromatic carbocycles. The minimum atomic E-state index is -12.2. The Morgan fingerprint density at radius 1 is 0.765 bits per heavy atom. The molecule has 1 nitrogen and oxygen atoms in total. The smallest absolute Gasteiger partial charge is 0.390 e. The van der Waals surface area contributed by atoms with Gasteiger partial charge in [-0.1, -0.05) is 19.4 Å². The Labute approximate surface area is 85.9 Å². The molecule has 0 aliphatic heterocycles. The first-order valence-electron chi connectivity index (χ1n) is 3.28. The molecule has 0 aromatic rings. The third-order valence-corrected chi connectivity index (χ3v) is 2.73. The van der Waals surface area contributed by atoms with E-state index in [0.717, 1.165) is 0 Å². The zero-order valence-corrected chi connectivity index (χ0v) is 8.04. The standard InChI is InChI=1S/C4H3F11OS/c5-2(6,1-16)3(7,8)4(9,10)17(11,12,13,14)15/h16H,1H2. The van der Waals surface area contributed by atoms with Crippen molar-refractivity contribution in [1.82, 2.24) is 0 Å². The van der Waals surface area contributed by atoms with Gasteiger partial charge in [0.15, 0.2) is 0 Å². The molecular formula is C4H3F11OS. The number of hydrogen-bond donors (Lipinski definition) is 1. The lowest BCUT2D eigenvalue weighted by atomic mass is 10.2. The van der Waals surface area contributed by atoms with Crippen molar-refractivity contribution in [2.45, 2.75) is 17.1 Å². The van der Waals surface area contributed by atoms with Crippen LogP contribution in [0.4, 0.5) is 45.8 Å². The van der Waals surface area contributed by atoms with E-state index in [1.807, 2.05) is 0 Å². The van der Waals surface area contributed by atoms with Crippen molar-refractivity contribution < 1.29 is 50.9 Å². The highest BCUT2D eigenvalue weighted by Gasteiger charge is 2.95. The molecule has 0 bridgehead atoms. The molecule has 0 heterocycles. The van der Waals surface area contributed by atoms with Crippen LogP contribution in [0.2, 0.25) is 0 Å². The Bertz CT molecular complexity index is 313. The first kappa shape index (κ1) is 16.5. The fourth-order valence-electron chi connectivity index (χ4n) is 0.554. The molecule has 0 saturated carbocycles. The predicted molar refractivity (Wildman–Crippen MR) is 35.1 cm³/mol. The van der Waals surface area contributed by atoms with Gasteiger partial charge in [-0.2, -0.15) is 26.3 Å². The van der Waals surface area contributed by atoms with Crippen LogP contribution >= 0.6 is 10.2 Å². The Hall–Kier alpha value is -0.460. The van der Waals surface area contributed by atoms with Gasteiger partial charge in [-0.05, 0) is 0 Å². The average Bonchev–Trinajstić information content (AvgIpc) is 1.98. The van der Waals surface area contributed by atoms with E-state index < -0.39 is 33.9 Å². The lowest BCUT2D eigenvalue weighted by Crippen LogP contribution is -2.60. The van der Waals surface area contributed by atoms with Gasteiger partial charge >= 0.3 is 27.3 Å². The molecule has 0 radical (unpaired) electrons. The van der Waals surface area contributed by atoms with E-state index in [0.29, 0.717) is 0 Å². The molecule has 0 fully saturated rings. The highest BCUT2D eigenvalue weighted by atomic mass is 32.5. The Morgan fingerprint density at radius 2 is 1.06 bits per heavy atom. The van der Waals surface area contributed by atoms with Crippen molar-refractivity contribution in [3.05, 3.63) is 0 Å². The summed E-state index contributed by atoms with van der Waals surface area (Å²) in [7, 11) is -12.2. The highest BCUT2D eigenvalue weighted by molar-refractivity contribution is 8.46. The number of halogens is 11. The Kier molecular flexibility index (Phi) is 2.84. The van der Waals surface area contributed by atoms with Gasteiger partial charge < -0.3 is 5.11 Å².